The highest BCUT2D eigenvalue weighted by molar-refractivity contribution is 7.92. The van der Waals surface area contributed by atoms with Crippen LogP contribution in [0.25, 0.3) is 0 Å². The van der Waals surface area contributed by atoms with Gasteiger partial charge in [-0.3, -0.25) is 14.1 Å². The Labute approximate surface area is 175 Å². The van der Waals surface area contributed by atoms with E-state index >= 15 is 0 Å². The first-order valence-electron chi connectivity index (χ1n) is 9.36. The normalized spacial score (nSPS) is 11.3. The number of hydrogen-bond acceptors (Lipinski definition) is 4. The summed E-state index contributed by atoms with van der Waals surface area (Å²) in [7, 11) is -4.10. The average molecular weight is 428 g/mol. The van der Waals surface area contributed by atoms with E-state index in [0.29, 0.717) is 5.69 Å². The molecule has 1 amide bonds. The van der Waals surface area contributed by atoms with E-state index in [2.05, 4.69) is 4.98 Å². The molecular weight excluding hydrogens is 405 g/mol. The van der Waals surface area contributed by atoms with Gasteiger partial charge in [-0.25, -0.2) is 12.8 Å². The predicted octanol–water partition coefficient (Wildman–Crippen LogP) is 3.86. The van der Waals surface area contributed by atoms with Gasteiger partial charge in [-0.2, -0.15) is 0 Å². The molecule has 0 fully saturated rings. The number of benzene rings is 2. The zero-order valence-corrected chi connectivity index (χ0v) is 17.5. The summed E-state index contributed by atoms with van der Waals surface area (Å²) in [5, 5.41) is 0. The third kappa shape index (κ3) is 4.65. The third-order valence-electron chi connectivity index (χ3n) is 4.44. The van der Waals surface area contributed by atoms with E-state index in [0.717, 1.165) is 16.4 Å². The summed E-state index contributed by atoms with van der Waals surface area (Å²) in [6.45, 7) is 3.25. The van der Waals surface area contributed by atoms with E-state index in [1.807, 2.05) is 32.0 Å². The number of sulfonamides is 1. The Morgan fingerprint density at radius 1 is 0.967 bits per heavy atom. The van der Waals surface area contributed by atoms with Gasteiger partial charge in [-0.05, 0) is 62.4 Å². The van der Waals surface area contributed by atoms with Crippen LogP contribution in [0.1, 0.15) is 13.8 Å². The monoisotopic (exact) mass is 427 g/mol. The molecule has 0 aliphatic rings. The number of aromatic nitrogens is 1. The van der Waals surface area contributed by atoms with Gasteiger partial charge in [-0.15, -0.1) is 0 Å². The fraction of sp³-hybridized carbons (Fsp3) is 0.182. The first kappa shape index (κ1) is 21.4. The lowest BCUT2D eigenvalue weighted by Gasteiger charge is -2.31. The van der Waals surface area contributed by atoms with Crippen molar-refractivity contribution in [1.29, 1.82) is 0 Å². The second kappa shape index (κ2) is 9.04. The molecule has 0 aliphatic carbocycles. The minimum atomic E-state index is -4.10. The van der Waals surface area contributed by atoms with Crippen molar-refractivity contribution in [2.24, 2.45) is 0 Å². The molecule has 156 valence electrons. The smallest absolute Gasteiger partial charge is 0.266 e. The van der Waals surface area contributed by atoms with Crippen LogP contribution in [0.5, 0.6) is 0 Å². The van der Waals surface area contributed by atoms with Crippen molar-refractivity contribution in [2.45, 2.75) is 24.8 Å². The maximum Gasteiger partial charge on any atom is 0.266 e. The highest BCUT2D eigenvalue weighted by atomic mass is 32.2. The van der Waals surface area contributed by atoms with Crippen LogP contribution >= 0.6 is 0 Å². The number of carbonyl (C=O) groups is 1. The highest BCUT2D eigenvalue weighted by Crippen LogP contribution is 2.25. The molecular formula is C22H22FN3O3S. The zero-order chi connectivity index (χ0) is 21.7. The Balaban J connectivity index is 2.02. The number of amides is 1. The van der Waals surface area contributed by atoms with E-state index in [9.17, 15) is 17.6 Å². The Morgan fingerprint density at radius 2 is 1.63 bits per heavy atom. The molecule has 1 aromatic heterocycles. The molecule has 0 saturated carbocycles. The van der Waals surface area contributed by atoms with Gasteiger partial charge in [0.05, 0.1) is 5.69 Å². The number of rotatable bonds is 7. The molecule has 2 aromatic carbocycles. The molecule has 0 radical (unpaired) electrons. The second-order valence-electron chi connectivity index (χ2n) is 6.87. The maximum absolute atomic E-state index is 13.4. The van der Waals surface area contributed by atoms with Gasteiger partial charge in [0.25, 0.3) is 10.0 Å². The van der Waals surface area contributed by atoms with Crippen molar-refractivity contribution in [3.63, 3.8) is 0 Å². The number of para-hydroxylation sites is 1. The van der Waals surface area contributed by atoms with E-state index in [4.69, 9.17) is 0 Å². The van der Waals surface area contributed by atoms with E-state index in [-0.39, 0.29) is 16.6 Å². The van der Waals surface area contributed by atoms with Crippen LogP contribution in [0.15, 0.2) is 84.0 Å². The largest absolute Gasteiger partial charge is 0.308 e. The predicted molar refractivity (Wildman–Crippen MR) is 114 cm³/mol. The Kier molecular flexibility index (Phi) is 6.47. The average Bonchev–Trinajstić information content (AvgIpc) is 2.74. The van der Waals surface area contributed by atoms with Crippen LogP contribution in [0.3, 0.4) is 0 Å². The van der Waals surface area contributed by atoms with E-state index in [1.54, 1.807) is 12.1 Å². The summed E-state index contributed by atoms with van der Waals surface area (Å²) < 4.78 is 41.0. The molecule has 0 spiro atoms. The molecule has 0 aliphatic heterocycles. The summed E-state index contributed by atoms with van der Waals surface area (Å²) in [6, 6.07) is 16.7. The molecule has 1 heterocycles. The first-order chi connectivity index (χ1) is 14.3. The molecule has 6 nitrogen and oxygen atoms in total. The Bertz CT molecular complexity index is 1090. The minimum Gasteiger partial charge on any atom is -0.308 e. The minimum absolute atomic E-state index is 0.0575. The van der Waals surface area contributed by atoms with Crippen molar-refractivity contribution in [1.82, 2.24) is 4.98 Å². The van der Waals surface area contributed by atoms with Crippen LogP contribution in [0.2, 0.25) is 0 Å². The van der Waals surface area contributed by atoms with Crippen LogP contribution in [0.4, 0.5) is 15.8 Å². The molecule has 30 heavy (non-hydrogen) atoms. The van der Waals surface area contributed by atoms with Crippen molar-refractivity contribution in [3.05, 3.63) is 84.9 Å². The lowest BCUT2D eigenvalue weighted by atomic mass is 10.2. The van der Waals surface area contributed by atoms with Crippen LogP contribution in [-0.2, 0) is 14.8 Å². The van der Waals surface area contributed by atoms with E-state index < -0.39 is 28.3 Å². The Hall–Kier alpha value is -3.26. The quantitative estimate of drug-likeness (QED) is 0.574. The number of pyridine rings is 1. The summed E-state index contributed by atoms with van der Waals surface area (Å²) >= 11 is 0. The summed E-state index contributed by atoms with van der Waals surface area (Å²) in [4.78, 5) is 18.6. The topological polar surface area (TPSA) is 70.6 Å². The maximum atomic E-state index is 13.4. The Morgan fingerprint density at radius 3 is 2.20 bits per heavy atom. The van der Waals surface area contributed by atoms with E-state index in [1.165, 1.54) is 41.6 Å². The van der Waals surface area contributed by atoms with Gasteiger partial charge in [0.1, 0.15) is 17.3 Å². The summed E-state index contributed by atoms with van der Waals surface area (Å²) in [6.07, 6.45) is 2.68. The molecule has 0 bridgehead atoms. The fourth-order valence-corrected chi connectivity index (χ4v) is 4.45. The van der Waals surface area contributed by atoms with Crippen molar-refractivity contribution < 1.29 is 17.6 Å². The highest BCUT2D eigenvalue weighted by Gasteiger charge is 2.30. The number of carbonyl (C=O) groups excluding carboxylic acids is 1. The first-order valence-corrected chi connectivity index (χ1v) is 10.8. The van der Waals surface area contributed by atoms with Gasteiger partial charge in [0.2, 0.25) is 5.91 Å². The second-order valence-corrected chi connectivity index (χ2v) is 8.73. The molecule has 3 rings (SSSR count). The van der Waals surface area contributed by atoms with Crippen LogP contribution in [-0.4, -0.2) is 31.9 Å². The number of hydrogen-bond donors (Lipinski definition) is 0. The molecule has 0 unspecified atom stereocenters. The molecule has 8 heteroatoms. The summed E-state index contributed by atoms with van der Waals surface area (Å²) in [5.41, 5.74) is 0.848. The van der Waals surface area contributed by atoms with Crippen LogP contribution in [0, 0.1) is 5.82 Å². The molecule has 0 N–H and O–H groups in total. The zero-order valence-electron chi connectivity index (χ0n) is 16.6. The molecule has 3 aromatic rings. The summed E-state index contributed by atoms with van der Waals surface area (Å²) in [5.74, 6) is -0.912. The number of anilines is 2. The van der Waals surface area contributed by atoms with Gasteiger partial charge in [0.15, 0.2) is 0 Å². The van der Waals surface area contributed by atoms with Gasteiger partial charge >= 0.3 is 0 Å². The SMILES string of the molecule is CC(C)N(C(=O)CN(c1ccc(F)cc1)S(=O)(=O)c1cccnc1)c1ccccc1. The van der Waals surface area contributed by atoms with Gasteiger partial charge in [0, 0.05) is 24.1 Å². The van der Waals surface area contributed by atoms with Gasteiger partial charge < -0.3 is 4.90 Å². The number of halogens is 1. The van der Waals surface area contributed by atoms with Crippen molar-refractivity contribution in [3.8, 4) is 0 Å². The molecule has 0 saturated heterocycles. The van der Waals surface area contributed by atoms with Crippen LogP contribution < -0.4 is 9.21 Å². The fourth-order valence-electron chi connectivity index (χ4n) is 3.07. The lowest BCUT2D eigenvalue weighted by Crippen LogP contribution is -2.46. The van der Waals surface area contributed by atoms with Crippen molar-refractivity contribution in [2.75, 3.05) is 15.7 Å². The number of nitrogens with zero attached hydrogens (tertiary/aromatic N) is 3. The molecule has 0 atom stereocenters. The third-order valence-corrected chi connectivity index (χ3v) is 6.19. The van der Waals surface area contributed by atoms with Crippen molar-refractivity contribution >= 4 is 27.3 Å². The van der Waals surface area contributed by atoms with Gasteiger partial charge in [-0.1, -0.05) is 18.2 Å². The standard InChI is InChI=1S/C22H22FN3O3S/c1-17(2)26(20-7-4-3-5-8-20)22(27)16-25(19-12-10-18(23)11-13-19)30(28,29)21-9-6-14-24-15-21/h3-15,17H,16H2,1-2H3. The lowest BCUT2D eigenvalue weighted by molar-refractivity contribution is -0.117.